The number of halogens is 1. The first-order chi connectivity index (χ1) is 11.4. The number of nitrogens with one attached hydrogen (secondary N) is 1. The van der Waals surface area contributed by atoms with Crippen molar-refractivity contribution >= 4 is 22.1 Å². The highest BCUT2D eigenvalue weighted by Crippen LogP contribution is 2.18. The molecule has 1 heterocycles. The zero-order valence-electron chi connectivity index (χ0n) is 13.6. The number of hydrogen-bond donors (Lipinski definition) is 2. The lowest BCUT2D eigenvalue weighted by atomic mass is 10.1. The molecule has 0 aliphatic carbocycles. The molecule has 0 radical (unpaired) electrons. The summed E-state index contributed by atoms with van der Waals surface area (Å²) in [6.07, 6.45) is 3.26. The van der Waals surface area contributed by atoms with Crippen molar-refractivity contribution in [1.82, 2.24) is 9.55 Å². The minimum Gasteiger partial charge on any atom is -0.493 e. The van der Waals surface area contributed by atoms with Gasteiger partial charge in [-0.05, 0) is 43.0 Å². The van der Waals surface area contributed by atoms with Gasteiger partial charge in [-0.3, -0.25) is 14.8 Å². The second-order valence-corrected chi connectivity index (χ2v) is 6.80. The lowest BCUT2D eigenvalue weighted by molar-refractivity contribution is 0.430. The van der Waals surface area contributed by atoms with Crippen LogP contribution in [0.4, 0.5) is 0 Å². The largest absolute Gasteiger partial charge is 0.493 e. The summed E-state index contributed by atoms with van der Waals surface area (Å²) in [4.78, 5) is 30.4. The second kappa shape index (κ2) is 8.10. The molecule has 0 saturated carbocycles. The van der Waals surface area contributed by atoms with Gasteiger partial charge in [0.15, 0.2) is 0 Å². The van der Waals surface area contributed by atoms with Crippen molar-refractivity contribution in [1.29, 1.82) is 0 Å². The van der Waals surface area contributed by atoms with Crippen molar-refractivity contribution in [2.45, 2.75) is 26.7 Å². The van der Waals surface area contributed by atoms with Gasteiger partial charge in [-0.1, -0.05) is 29.8 Å². The van der Waals surface area contributed by atoms with Crippen LogP contribution in [0, 0.1) is 5.92 Å². The summed E-state index contributed by atoms with van der Waals surface area (Å²) in [6, 6.07) is 6.80. The van der Waals surface area contributed by atoms with E-state index in [1.807, 2.05) is 0 Å². The highest BCUT2D eigenvalue weighted by Gasteiger charge is 2.13. The summed E-state index contributed by atoms with van der Waals surface area (Å²) in [7, 11) is 0. The Morgan fingerprint density at radius 3 is 2.58 bits per heavy atom. The van der Waals surface area contributed by atoms with Crippen LogP contribution in [-0.4, -0.2) is 27.4 Å². The maximum absolute atomic E-state index is 12.0. The molecule has 0 spiro atoms. The molecule has 0 amide bonds. The SMILES string of the molecule is CC(C)CCCN=Cc1c(O)n(-c2ccc(Br)cc2)c(=O)[nH]c1=O. The Morgan fingerprint density at radius 2 is 1.96 bits per heavy atom. The standard InChI is InChI=1S/C17H20BrN3O3/c1-11(2)4-3-9-19-10-14-15(22)20-17(24)21(16(14)23)13-7-5-12(18)6-8-13/h5-8,10-11,23H,3-4,9H2,1-2H3,(H,20,22,24). The average molecular weight is 394 g/mol. The van der Waals surface area contributed by atoms with Gasteiger partial charge in [0.05, 0.1) is 5.69 Å². The van der Waals surface area contributed by atoms with Gasteiger partial charge in [0.2, 0.25) is 5.88 Å². The molecule has 0 unspecified atom stereocenters. The molecule has 2 N–H and O–H groups in total. The van der Waals surface area contributed by atoms with Gasteiger partial charge in [-0.15, -0.1) is 0 Å². The molecule has 0 bridgehead atoms. The Kier molecular flexibility index (Phi) is 6.14. The van der Waals surface area contributed by atoms with Crippen LogP contribution in [0.15, 0.2) is 43.3 Å². The Bertz CT molecular complexity index is 836. The number of aromatic hydroxyl groups is 1. The van der Waals surface area contributed by atoms with Crippen molar-refractivity contribution in [2.24, 2.45) is 10.9 Å². The molecule has 24 heavy (non-hydrogen) atoms. The lowest BCUT2D eigenvalue weighted by Gasteiger charge is -2.09. The first-order valence-corrected chi connectivity index (χ1v) is 8.53. The Hall–Kier alpha value is -2.15. The number of aliphatic imine (C=N–C) groups is 1. The summed E-state index contributed by atoms with van der Waals surface area (Å²) in [5.41, 5.74) is -0.927. The third-order valence-corrected chi connectivity index (χ3v) is 4.02. The van der Waals surface area contributed by atoms with Crippen LogP contribution in [0.5, 0.6) is 5.88 Å². The number of rotatable bonds is 6. The number of H-pyrrole nitrogens is 1. The molecule has 0 aliphatic heterocycles. The zero-order chi connectivity index (χ0) is 17.7. The molecule has 0 fully saturated rings. The fourth-order valence-electron chi connectivity index (χ4n) is 2.23. The van der Waals surface area contributed by atoms with Gasteiger partial charge < -0.3 is 5.11 Å². The summed E-state index contributed by atoms with van der Waals surface area (Å²) >= 11 is 3.31. The summed E-state index contributed by atoms with van der Waals surface area (Å²) in [5, 5.41) is 10.4. The van der Waals surface area contributed by atoms with Crippen LogP contribution in [0.25, 0.3) is 5.69 Å². The number of benzene rings is 1. The molecule has 0 atom stereocenters. The number of aromatic amines is 1. The maximum atomic E-state index is 12.0. The number of aromatic nitrogens is 2. The molecule has 1 aromatic carbocycles. The molecule has 7 heteroatoms. The van der Waals surface area contributed by atoms with E-state index >= 15 is 0 Å². The highest BCUT2D eigenvalue weighted by molar-refractivity contribution is 9.10. The average Bonchev–Trinajstić information content (AvgIpc) is 2.51. The Balaban J connectivity index is 2.34. The Labute approximate surface area is 148 Å². The van der Waals surface area contributed by atoms with Crippen LogP contribution in [-0.2, 0) is 0 Å². The second-order valence-electron chi connectivity index (χ2n) is 5.88. The van der Waals surface area contributed by atoms with Crippen LogP contribution >= 0.6 is 15.9 Å². The van der Waals surface area contributed by atoms with Gasteiger partial charge in [0.1, 0.15) is 5.56 Å². The van der Waals surface area contributed by atoms with Crippen LogP contribution in [0.1, 0.15) is 32.3 Å². The maximum Gasteiger partial charge on any atom is 0.335 e. The number of nitrogens with zero attached hydrogens (tertiary/aromatic N) is 2. The Morgan fingerprint density at radius 1 is 1.29 bits per heavy atom. The van der Waals surface area contributed by atoms with E-state index in [0.29, 0.717) is 18.2 Å². The van der Waals surface area contributed by atoms with Crippen LogP contribution in [0.3, 0.4) is 0 Å². The zero-order valence-corrected chi connectivity index (χ0v) is 15.2. The molecule has 2 aromatic rings. The van der Waals surface area contributed by atoms with E-state index in [0.717, 1.165) is 21.9 Å². The molecular weight excluding hydrogens is 374 g/mol. The van der Waals surface area contributed by atoms with E-state index in [1.165, 1.54) is 6.21 Å². The smallest absolute Gasteiger partial charge is 0.335 e. The van der Waals surface area contributed by atoms with E-state index in [1.54, 1.807) is 24.3 Å². The minimum atomic E-state index is -0.697. The fraction of sp³-hybridized carbons (Fsp3) is 0.353. The lowest BCUT2D eigenvalue weighted by Crippen LogP contribution is -2.31. The van der Waals surface area contributed by atoms with E-state index in [-0.39, 0.29) is 5.56 Å². The van der Waals surface area contributed by atoms with E-state index < -0.39 is 17.1 Å². The molecule has 2 rings (SSSR count). The predicted octanol–water partition coefficient (Wildman–Crippen LogP) is 2.85. The van der Waals surface area contributed by atoms with Crippen molar-refractivity contribution in [3.8, 4) is 11.6 Å². The summed E-state index contributed by atoms with van der Waals surface area (Å²) in [5.74, 6) is 0.176. The van der Waals surface area contributed by atoms with E-state index in [2.05, 4.69) is 39.8 Å². The summed E-state index contributed by atoms with van der Waals surface area (Å²) < 4.78 is 1.89. The first-order valence-electron chi connectivity index (χ1n) is 7.74. The normalized spacial score (nSPS) is 11.5. The molecule has 1 aromatic heterocycles. The highest BCUT2D eigenvalue weighted by atomic mass is 79.9. The fourth-order valence-corrected chi connectivity index (χ4v) is 2.50. The molecular formula is C17H20BrN3O3. The summed E-state index contributed by atoms with van der Waals surface area (Å²) in [6.45, 7) is 4.83. The minimum absolute atomic E-state index is 0.0259. The van der Waals surface area contributed by atoms with Gasteiger partial charge >= 0.3 is 5.69 Å². The third-order valence-electron chi connectivity index (χ3n) is 3.49. The first kappa shape index (κ1) is 18.2. The molecule has 0 aliphatic rings. The van der Waals surface area contributed by atoms with Crippen molar-refractivity contribution in [3.05, 3.63) is 55.1 Å². The van der Waals surface area contributed by atoms with Gasteiger partial charge in [-0.25, -0.2) is 9.36 Å². The topological polar surface area (TPSA) is 87.4 Å². The van der Waals surface area contributed by atoms with Gasteiger partial charge in [0.25, 0.3) is 5.56 Å². The van der Waals surface area contributed by atoms with Crippen molar-refractivity contribution in [3.63, 3.8) is 0 Å². The number of hydrogen-bond acceptors (Lipinski definition) is 4. The molecule has 6 nitrogen and oxygen atoms in total. The van der Waals surface area contributed by atoms with Gasteiger partial charge in [0, 0.05) is 17.2 Å². The van der Waals surface area contributed by atoms with Crippen LogP contribution in [0.2, 0.25) is 0 Å². The van der Waals surface area contributed by atoms with E-state index in [9.17, 15) is 14.7 Å². The monoisotopic (exact) mass is 393 g/mol. The molecule has 128 valence electrons. The van der Waals surface area contributed by atoms with Crippen molar-refractivity contribution < 1.29 is 5.11 Å². The quantitative estimate of drug-likeness (QED) is 0.584. The predicted molar refractivity (Wildman–Crippen MR) is 98.6 cm³/mol. The van der Waals surface area contributed by atoms with Crippen LogP contribution < -0.4 is 11.2 Å². The molecule has 0 saturated heterocycles. The third kappa shape index (κ3) is 4.44. The van der Waals surface area contributed by atoms with Crippen molar-refractivity contribution in [2.75, 3.05) is 6.54 Å². The van der Waals surface area contributed by atoms with E-state index in [4.69, 9.17) is 0 Å². The van der Waals surface area contributed by atoms with Gasteiger partial charge in [-0.2, -0.15) is 0 Å².